The summed E-state index contributed by atoms with van der Waals surface area (Å²) in [6.45, 7) is 2.85. The standard InChI is InChI=1S/C31H27N5O3S/c37-28(21-40-31-34-33-29(39-31)25-11-10-22-6-4-5-9-24(22)20-25)32-26-12-14-27(15-13-26)35-16-18-36(19-17-35)30(38)23-7-2-1-3-8-23/h1-15,20H,16-19,21H2,(H,32,37). The van der Waals surface area contributed by atoms with Crippen LogP contribution in [0.3, 0.4) is 0 Å². The summed E-state index contributed by atoms with van der Waals surface area (Å²) in [5, 5.41) is 13.7. The maximum Gasteiger partial charge on any atom is 0.277 e. The number of piperazine rings is 1. The van der Waals surface area contributed by atoms with Crippen molar-refractivity contribution < 1.29 is 14.0 Å². The summed E-state index contributed by atoms with van der Waals surface area (Å²) in [5.74, 6) is 0.491. The van der Waals surface area contributed by atoms with Gasteiger partial charge in [0.2, 0.25) is 11.8 Å². The molecule has 1 N–H and O–H groups in total. The van der Waals surface area contributed by atoms with Crippen LogP contribution in [0.15, 0.2) is 107 Å². The molecule has 1 aliphatic heterocycles. The molecule has 0 unspecified atom stereocenters. The number of carbonyl (C=O) groups is 2. The van der Waals surface area contributed by atoms with Crippen molar-refractivity contribution in [2.24, 2.45) is 0 Å². The van der Waals surface area contributed by atoms with Crippen molar-refractivity contribution in [1.29, 1.82) is 0 Å². The van der Waals surface area contributed by atoms with Gasteiger partial charge in [0.05, 0.1) is 5.75 Å². The first-order valence-corrected chi connectivity index (χ1v) is 14.1. The van der Waals surface area contributed by atoms with E-state index < -0.39 is 0 Å². The van der Waals surface area contributed by atoms with Crippen LogP contribution in [0.1, 0.15) is 10.4 Å². The van der Waals surface area contributed by atoms with E-state index in [0.717, 1.165) is 46.4 Å². The fraction of sp³-hybridized carbons (Fsp3) is 0.161. The van der Waals surface area contributed by atoms with Crippen LogP contribution in [0, 0.1) is 0 Å². The van der Waals surface area contributed by atoms with Gasteiger partial charge in [0, 0.05) is 48.7 Å². The van der Waals surface area contributed by atoms with Gasteiger partial charge in [0.15, 0.2) is 0 Å². The minimum atomic E-state index is -0.156. The van der Waals surface area contributed by atoms with Crippen molar-refractivity contribution in [3.05, 3.63) is 103 Å². The van der Waals surface area contributed by atoms with E-state index in [4.69, 9.17) is 4.42 Å². The largest absolute Gasteiger partial charge is 0.411 e. The highest BCUT2D eigenvalue weighted by Gasteiger charge is 2.22. The van der Waals surface area contributed by atoms with Crippen LogP contribution >= 0.6 is 11.8 Å². The number of aromatic nitrogens is 2. The maximum atomic E-state index is 12.7. The molecule has 8 nitrogen and oxygen atoms in total. The van der Waals surface area contributed by atoms with E-state index in [2.05, 4.69) is 26.5 Å². The molecule has 0 spiro atoms. The molecule has 0 aliphatic carbocycles. The van der Waals surface area contributed by atoms with E-state index >= 15 is 0 Å². The number of hydrogen-bond donors (Lipinski definition) is 1. The summed E-state index contributed by atoms with van der Waals surface area (Å²) in [4.78, 5) is 29.4. The summed E-state index contributed by atoms with van der Waals surface area (Å²) in [6, 6.07) is 31.2. The highest BCUT2D eigenvalue weighted by Crippen LogP contribution is 2.27. The zero-order valence-corrected chi connectivity index (χ0v) is 22.5. The minimum absolute atomic E-state index is 0.0709. The van der Waals surface area contributed by atoms with Crippen molar-refractivity contribution in [3.63, 3.8) is 0 Å². The number of anilines is 2. The van der Waals surface area contributed by atoms with Gasteiger partial charge in [-0.3, -0.25) is 9.59 Å². The monoisotopic (exact) mass is 549 g/mol. The van der Waals surface area contributed by atoms with E-state index in [9.17, 15) is 9.59 Å². The highest BCUT2D eigenvalue weighted by atomic mass is 32.2. The molecule has 9 heteroatoms. The van der Waals surface area contributed by atoms with Gasteiger partial charge in [0.1, 0.15) is 0 Å². The van der Waals surface area contributed by atoms with Crippen LogP contribution in [0.25, 0.3) is 22.2 Å². The number of thioether (sulfide) groups is 1. The zero-order valence-electron chi connectivity index (χ0n) is 21.7. The Morgan fingerprint density at radius 1 is 0.800 bits per heavy atom. The molecule has 40 heavy (non-hydrogen) atoms. The molecule has 1 fully saturated rings. The lowest BCUT2D eigenvalue weighted by molar-refractivity contribution is -0.113. The molecular formula is C31H27N5O3S. The lowest BCUT2D eigenvalue weighted by atomic mass is 10.1. The second-order valence-corrected chi connectivity index (χ2v) is 10.4. The van der Waals surface area contributed by atoms with Gasteiger partial charge in [-0.25, -0.2) is 0 Å². The van der Waals surface area contributed by atoms with Crippen molar-refractivity contribution in [3.8, 4) is 11.5 Å². The lowest BCUT2D eigenvalue weighted by Gasteiger charge is -2.36. The van der Waals surface area contributed by atoms with E-state index in [1.165, 1.54) is 11.8 Å². The molecule has 0 radical (unpaired) electrons. The molecular weight excluding hydrogens is 522 g/mol. The quantitative estimate of drug-likeness (QED) is 0.265. The number of hydrogen-bond acceptors (Lipinski definition) is 7. The molecule has 4 aromatic carbocycles. The summed E-state index contributed by atoms with van der Waals surface area (Å²) in [5.41, 5.74) is 3.34. The van der Waals surface area contributed by atoms with Crippen LogP contribution in [0.4, 0.5) is 11.4 Å². The van der Waals surface area contributed by atoms with Gasteiger partial charge in [0.25, 0.3) is 11.1 Å². The van der Waals surface area contributed by atoms with Crippen LogP contribution in [-0.4, -0.2) is 58.8 Å². The fourth-order valence-corrected chi connectivity index (χ4v) is 5.28. The van der Waals surface area contributed by atoms with Gasteiger partial charge >= 0.3 is 0 Å². The third-order valence-electron chi connectivity index (χ3n) is 6.83. The Morgan fingerprint density at radius 3 is 2.30 bits per heavy atom. The van der Waals surface area contributed by atoms with E-state index in [1.54, 1.807) is 0 Å². The summed E-state index contributed by atoms with van der Waals surface area (Å²) in [6.07, 6.45) is 0. The van der Waals surface area contributed by atoms with Crippen molar-refractivity contribution >= 4 is 45.7 Å². The highest BCUT2D eigenvalue weighted by molar-refractivity contribution is 7.99. The maximum absolute atomic E-state index is 12.7. The van der Waals surface area contributed by atoms with Gasteiger partial charge in [-0.2, -0.15) is 0 Å². The predicted molar refractivity (Wildman–Crippen MR) is 158 cm³/mol. The summed E-state index contributed by atoms with van der Waals surface area (Å²) in [7, 11) is 0. The normalized spacial score (nSPS) is 13.4. The first kappa shape index (κ1) is 25.6. The van der Waals surface area contributed by atoms with Crippen LogP contribution in [0.5, 0.6) is 0 Å². The number of carbonyl (C=O) groups excluding carboxylic acids is 2. The van der Waals surface area contributed by atoms with E-state index in [0.29, 0.717) is 24.2 Å². The Bertz CT molecular complexity index is 1630. The molecule has 1 aromatic heterocycles. The zero-order chi connectivity index (χ0) is 27.3. The first-order valence-electron chi connectivity index (χ1n) is 13.1. The smallest absolute Gasteiger partial charge is 0.277 e. The minimum Gasteiger partial charge on any atom is -0.411 e. The average Bonchev–Trinajstić information content (AvgIpc) is 3.50. The molecule has 200 valence electrons. The number of benzene rings is 4. The third kappa shape index (κ3) is 5.84. The summed E-state index contributed by atoms with van der Waals surface area (Å²) < 4.78 is 5.78. The number of fused-ring (bicyclic) bond motifs is 1. The molecule has 0 saturated carbocycles. The predicted octanol–water partition coefficient (Wildman–Crippen LogP) is 5.58. The van der Waals surface area contributed by atoms with Gasteiger partial charge in [-0.05, 0) is 59.3 Å². The summed E-state index contributed by atoms with van der Waals surface area (Å²) >= 11 is 1.20. The molecule has 2 amide bonds. The molecule has 5 aromatic rings. The Balaban J connectivity index is 0.983. The Morgan fingerprint density at radius 2 is 1.52 bits per heavy atom. The lowest BCUT2D eigenvalue weighted by Crippen LogP contribution is -2.48. The van der Waals surface area contributed by atoms with Crippen LogP contribution in [-0.2, 0) is 4.79 Å². The van der Waals surface area contributed by atoms with Gasteiger partial charge in [-0.15, -0.1) is 10.2 Å². The SMILES string of the molecule is O=C(CSc1nnc(-c2ccc3ccccc3c2)o1)Nc1ccc(N2CCN(C(=O)c3ccccc3)CC2)cc1. The Labute approximate surface area is 236 Å². The number of rotatable bonds is 7. The number of amides is 2. The second kappa shape index (κ2) is 11.6. The second-order valence-electron chi connectivity index (χ2n) is 9.46. The molecule has 1 aliphatic rings. The van der Waals surface area contributed by atoms with Crippen LogP contribution in [0.2, 0.25) is 0 Å². The fourth-order valence-electron chi connectivity index (χ4n) is 4.72. The Hall–Kier alpha value is -4.63. The average molecular weight is 550 g/mol. The number of nitrogens with zero attached hydrogens (tertiary/aromatic N) is 4. The Kier molecular flexibility index (Phi) is 7.45. The van der Waals surface area contributed by atoms with E-state index in [1.807, 2.05) is 95.9 Å². The van der Waals surface area contributed by atoms with Gasteiger partial charge < -0.3 is 19.5 Å². The third-order valence-corrected chi connectivity index (χ3v) is 7.65. The first-order chi connectivity index (χ1) is 19.6. The number of nitrogens with one attached hydrogen (secondary N) is 1. The molecule has 0 atom stereocenters. The molecule has 2 heterocycles. The van der Waals surface area contributed by atoms with Crippen molar-refractivity contribution in [2.45, 2.75) is 5.22 Å². The van der Waals surface area contributed by atoms with Gasteiger partial charge in [-0.1, -0.05) is 60.3 Å². The van der Waals surface area contributed by atoms with E-state index in [-0.39, 0.29) is 17.6 Å². The molecule has 1 saturated heterocycles. The van der Waals surface area contributed by atoms with Crippen molar-refractivity contribution in [2.75, 3.05) is 42.1 Å². The molecule has 0 bridgehead atoms. The topological polar surface area (TPSA) is 91.6 Å². The van der Waals surface area contributed by atoms with Crippen LogP contribution < -0.4 is 10.2 Å². The molecule has 6 rings (SSSR count). The van der Waals surface area contributed by atoms with Crippen molar-refractivity contribution in [1.82, 2.24) is 15.1 Å².